The minimum Gasteiger partial charge on any atom is -0.309 e. The van der Waals surface area contributed by atoms with E-state index in [1.165, 1.54) is 16.3 Å². The maximum atomic E-state index is 4.35. The van der Waals surface area contributed by atoms with Gasteiger partial charge in [0.15, 0.2) is 0 Å². The molecule has 4 heteroatoms. The van der Waals surface area contributed by atoms with Crippen molar-refractivity contribution in [3.63, 3.8) is 0 Å². The molecular formula is C13H23N3S. The van der Waals surface area contributed by atoms with E-state index >= 15 is 0 Å². The van der Waals surface area contributed by atoms with Gasteiger partial charge in [0.25, 0.3) is 0 Å². The van der Waals surface area contributed by atoms with E-state index in [2.05, 4.69) is 42.9 Å². The third-order valence-electron chi connectivity index (χ3n) is 3.43. The fraction of sp³-hybridized carbons (Fsp3) is 0.769. The highest BCUT2D eigenvalue weighted by Crippen LogP contribution is 2.22. The average Bonchev–Trinajstić information content (AvgIpc) is 2.63. The third-order valence-corrected chi connectivity index (χ3v) is 4.33. The van der Waals surface area contributed by atoms with Crippen LogP contribution >= 0.6 is 11.3 Å². The summed E-state index contributed by atoms with van der Waals surface area (Å²) in [5.74, 6) is 0. The number of piperazine rings is 1. The molecule has 0 saturated carbocycles. The second-order valence-corrected chi connectivity index (χ2v) is 6.90. The lowest BCUT2D eigenvalue weighted by Gasteiger charge is -2.44. The van der Waals surface area contributed by atoms with Gasteiger partial charge in [-0.3, -0.25) is 4.90 Å². The van der Waals surface area contributed by atoms with Crippen molar-refractivity contribution in [2.24, 2.45) is 0 Å². The number of rotatable bonds is 3. The first-order valence-electron chi connectivity index (χ1n) is 6.40. The molecule has 3 nitrogen and oxygen atoms in total. The molecule has 0 bridgehead atoms. The Labute approximate surface area is 108 Å². The van der Waals surface area contributed by atoms with Crippen LogP contribution in [0.5, 0.6) is 0 Å². The standard InChI is InChI=1S/C13H23N3S/c1-5-11-6-15-13(3,4)9-16(11)8-12-7-14-10(2)17-12/h7,11,15H,5-6,8-9H2,1-4H3. The van der Waals surface area contributed by atoms with Crippen LogP contribution in [0.1, 0.15) is 37.1 Å². The van der Waals surface area contributed by atoms with E-state index in [4.69, 9.17) is 0 Å². The molecule has 0 spiro atoms. The summed E-state index contributed by atoms with van der Waals surface area (Å²) in [6, 6.07) is 0.658. The van der Waals surface area contributed by atoms with Gasteiger partial charge in [0, 0.05) is 42.3 Å². The fourth-order valence-electron chi connectivity index (χ4n) is 2.48. The predicted octanol–water partition coefficient (Wildman–Crippen LogP) is 2.41. The molecule has 0 aromatic carbocycles. The Morgan fingerprint density at radius 2 is 2.35 bits per heavy atom. The van der Waals surface area contributed by atoms with E-state index in [1.807, 2.05) is 17.5 Å². The Hall–Kier alpha value is -0.450. The Kier molecular flexibility index (Phi) is 3.85. The van der Waals surface area contributed by atoms with Crippen molar-refractivity contribution in [1.82, 2.24) is 15.2 Å². The number of aryl methyl sites for hydroxylation is 1. The maximum absolute atomic E-state index is 4.35. The number of thiazole rings is 1. The second kappa shape index (κ2) is 5.04. The quantitative estimate of drug-likeness (QED) is 0.896. The van der Waals surface area contributed by atoms with Crippen molar-refractivity contribution >= 4 is 11.3 Å². The lowest BCUT2D eigenvalue weighted by atomic mass is 9.97. The highest BCUT2D eigenvalue weighted by molar-refractivity contribution is 7.11. The third kappa shape index (κ3) is 3.27. The normalized spacial score (nSPS) is 25.1. The molecule has 1 aromatic rings. The summed E-state index contributed by atoms with van der Waals surface area (Å²) < 4.78 is 0. The molecule has 0 aliphatic carbocycles. The smallest absolute Gasteiger partial charge is 0.0897 e. The fourth-order valence-corrected chi connectivity index (χ4v) is 3.30. The van der Waals surface area contributed by atoms with Crippen molar-refractivity contribution in [1.29, 1.82) is 0 Å². The Bertz CT molecular complexity index is 372. The van der Waals surface area contributed by atoms with Gasteiger partial charge >= 0.3 is 0 Å². The molecule has 1 unspecified atom stereocenters. The molecule has 1 fully saturated rings. The van der Waals surface area contributed by atoms with Crippen LogP contribution in [0, 0.1) is 6.92 Å². The summed E-state index contributed by atoms with van der Waals surface area (Å²) in [5, 5.41) is 4.80. The van der Waals surface area contributed by atoms with Gasteiger partial charge in [-0.25, -0.2) is 4.98 Å². The number of hydrogen-bond donors (Lipinski definition) is 1. The van der Waals surface area contributed by atoms with Gasteiger partial charge in [-0.1, -0.05) is 6.92 Å². The molecule has 17 heavy (non-hydrogen) atoms. The first-order chi connectivity index (χ1) is 8.00. The number of nitrogens with one attached hydrogen (secondary N) is 1. The van der Waals surface area contributed by atoms with Gasteiger partial charge in [0.05, 0.1) is 5.01 Å². The lowest BCUT2D eigenvalue weighted by Crippen LogP contribution is -2.60. The summed E-state index contributed by atoms with van der Waals surface area (Å²) in [6.07, 6.45) is 3.24. The SMILES string of the molecule is CCC1CNC(C)(C)CN1Cc1cnc(C)s1. The summed E-state index contributed by atoms with van der Waals surface area (Å²) in [6.45, 7) is 12.2. The number of hydrogen-bond acceptors (Lipinski definition) is 4. The minimum atomic E-state index is 0.228. The molecule has 1 atom stereocenters. The van der Waals surface area contributed by atoms with Crippen LogP contribution in [0.25, 0.3) is 0 Å². The highest BCUT2D eigenvalue weighted by Gasteiger charge is 2.31. The van der Waals surface area contributed by atoms with E-state index in [-0.39, 0.29) is 5.54 Å². The lowest BCUT2D eigenvalue weighted by molar-refractivity contribution is 0.0867. The Morgan fingerprint density at radius 1 is 1.59 bits per heavy atom. The minimum absolute atomic E-state index is 0.228. The van der Waals surface area contributed by atoms with E-state index in [9.17, 15) is 0 Å². The first kappa shape index (κ1) is 13.0. The zero-order valence-corrected chi connectivity index (χ0v) is 12.1. The largest absolute Gasteiger partial charge is 0.309 e. The molecular weight excluding hydrogens is 230 g/mol. The van der Waals surface area contributed by atoms with Crippen LogP contribution in [0.15, 0.2) is 6.20 Å². The molecule has 0 radical (unpaired) electrons. The van der Waals surface area contributed by atoms with Gasteiger partial charge in [-0.05, 0) is 27.2 Å². The van der Waals surface area contributed by atoms with Crippen LogP contribution in [0.3, 0.4) is 0 Å². The Morgan fingerprint density at radius 3 is 2.94 bits per heavy atom. The van der Waals surface area contributed by atoms with E-state index in [0.29, 0.717) is 6.04 Å². The molecule has 1 aromatic heterocycles. The summed E-state index contributed by atoms with van der Waals surface area (Å²) in [7, 11) is 0. The molecule has 1 N–H and O–H groups in total. The van der Waals surface area contributed by atoms with Crippen LogP contribution in [-0.4, -0.2) is 34.6 Å². The van der Waals surface area contributed by atoms with Crippen LogP contribution in [0.4, 0.5) is 0 Å². The first-order valence-corrected chi connectivity index (χ1v) is 7.22. The van der Waals surface area contributed by atoms with Gasteiger partial charge in [0.2, 0.25) is 0 Å². The highest BCUT2D eigenvalue weighted by atomic mass is 32.1. The summed E-state index contributed by atoms with van der Waals surface area (Å²) >= 11 is 1.82. The second-order valence-electron chi connectivity index (χ2n) is 5.58. The van der Waals surface area contributed by atoms with Crippen LogP contribution in [-0.2, 0) is 6.54 Å². The molecule has 1 aliphatic rings. The monoisotopic (exact) mass is 253 g/mol. The molecule has 96 valence electrons. The van der Waals surface area contributed by atoms with E-state index in [1.54, 1.807) is 0 Å². The molecule has 2 heterocycles. The van der Waals surface area contributed by atoms with E-state index in [0.717, 1.165) is 19.6 Å². The zero-order chi connectivity index (χ0) is 12.5. The van der Waals surface area contributed by atoms with Gasteiger partial charge in [-0.2, -0.15) is 0 Å². The maximum Gasteiger partial charge on any atom is 0.0897 e. The molecule has 1 saturated heterocycles. The Balaban J connectivity index is 2.05. The van der Waals surface area contributed by atoms with Gasteiger partial charge in [-0.15, -0.1) is 11.3 Å². The van der Waals surface area contributed by atoms with Crippen molar-refractivity contribution in [2.45, 2.75) is 52.2 Å². The number of aromatic nitrogens is 1. The van der Waals surface area contributed by atoms with Crippen molar-refractivity contribution in [3.05, 3.63) is 16.1 Å². The summed E-state index contributed by atoms with van der Waals surface area (Å²) in [5.41, 5.74) is 0.228. The van der Waals surface area contributed by atoms with Gasteiger partial charge < -0.3 is 5.32 Å². The molecule has 1 aliphatic heterocycles. The van der Waals surface area contributed by atoms with Crippen molar-refractivity contribution < 1.29 is 0 Å². The van der Waals surface area contributed by atoms with Gasteiger partial charge in [0.1, 0.15) is 0 Å². The van der Waals surface area contributed by atoms with Crippen LogP contribution in [0.2, 0.25) is 0 Å². The predicted molar refractivity (Wildman–Crippen MR) is 73.4 cm³/mol. The topological polar surface area (TPSA) is 28.2 Å². The molecule has 2 rings (SSSR count). The van der Waals surface area contributed by atoms with Crippen molar-refractivity contribution in [3.8, 4) is 0 Å². The summed E-state index contributed by atoms with van der Waals surface area (Å²) in [4.78, 5) is 8.33. The zero-order valence-electron chi connectivity index (χ0n) is 11.3. The molecule has 0 amide bonds. The van der Waals surface area contributed by atoms with E-state index < -0.39 is 0 Å². The van der Waals surface area contributed by atoms with Crippen LogP contribution < -0.4 is 5.32 Å². The number of nitrogens with zero attached hydrogens (tertiary/aromatic N) is 2. The van der Waals surface area contributed by atoms with Crippen molar-refractivity contribution in [2.75, 3.05) is 13.1 Å². The average molecular weight is 253 g/mol.